The number of pyridine rings is 1. The van der Waals surface area contributed by atoms with Crippen LogP contribution in [0.15, 0.2) is 83.7 Å². The Morgan fingerprint density at radius 3 is 2.25 bits per heavy atom. The predicted molar refractivity (Wildman–Crippen MR) is 123 cm³/mol. The van der Waals surface area contributed by atoms with Crippen LogP contribution >= 0.6 is 0 Å². The number of carbonyl (C=O) groups excluding carboxylic acids is 1. The first kappa shape index (κ1) is 21.1. The van der Waals surface area contributed by atoms with Crippen LogP contribution in [-0.2, 0) is 13.0 Å². The highest BCUT2D eigenvalue weighted by Crippen LogP contribution is 2.18. The van der Waals surface area contributed by atoms with Crippen molar-refractivity contribution >= 4 is 22.8 Å². The minimum absolute atomic E-state index is 0.104. The van der Waals surface area contributed by atoms with E-state index in [1.165, 1.54) is 12.1 Å². The smallest absolute Gasteiger partial charge is 0.335 e. The fourth-order valence-electron chi connectivity index (χ4n) is 3.65. The molecule has 0 spiro atoms. The fraction of sp³-hybridized carbons (Fsp3) is 0.115. The van der Waals surface area contributed by atoms with E-state index in [0.29, 0.717) is 29.6 Å². The highest BCUT2D eigenvalue weighted by Gasteiger charge is 2.14. The lowest BCUT2D eigenvalue weighted by Crippen LogP contribution is -2.26. The van der Waals surface area contributed by atoms with Crippen LogP contribution in [0.1, 0.15) is 37.4 Å². The first-order chi connectivity index (χ1) is 15.4. The molecular weight excluding hydrogens is 404 g/mol. The number of benzene rings is 3. The molecule has 1 amide bonds. The van der Waals surface area contributed by atoms with Gasteiger partial charge in [-0.1, -0.05) is 42.5 Å². The van der Waals surface area contributed by atoms with E-state index in [-0.39, 0.29) is 17.0 Å². The maximum absolute atomic E-state index is 12.9. The molecule has 4 aromatic rings. The number of nitrogens with zero attached hydrogens (tertiary/aromatic N) is 1. The molecule has 0 aliphatic rings. The van der Waals surface area contributed by atoms with E-state index in [9.17, 15) is 14.4 Å². The minimum Gasteiger partial charge on any atom is -0.478 e. The van der Waals surface area contributed by atoms with Crippen LogP contribution < -0.4 is 5.56 Å². The number of aromatic nitrogens is 1. The number of nitrogens with one attached hydrogen (secondary N) is 1. The lowest BCUT2D eigenvalue weighted by molar-refractivity contribution is 0.0696. The van der Waals surface area contributed by atoms with Crippen molar-refractivity contribution < 1.29 is 14.7 Å². The predicted octanol–water partition coefficient (Wildman–Crippen LogP) is 4.09. The average Bonchev–Trinajstić information content (AvgIpc) is 2.80. The summed E-state index contributed by atoms with van der Waals surface area (Å²) in [6.45, 7) is 0.501. The summed E-state index contributed by atoms with van der Waals surface area (Å²) >= 11 is 0. The molecule has 6 nitrogen and oxygen atoms in total. The molecule has 1 heterocycles. The molecule has 0 aliphatic heterocycles. The molecule has 0 atom stereocenters. The SMILES string of the molecule is CN(Cc1ccccc1)C(=O)c1ccc2[nH]c(=O)c(Cc3ccc(C(=O)O)cc3)cc2c1. The zero-order valence-electron chi connectivity index (χ0n) is 17.5. The van der Waals surface area contributed by atoms with E-state index < -0.39 is 5.97 Å². The summed E-state index contributed by atoms with van der Waals surface area (Å²) in [6, 6.07) is 23.2. The third-order valence-electron chi connectivity index (χ3n) is 5.37. The number of amides is 1. The number of carbonyl (C=O) groups is 2. The molecule has 0 fully saturated rings. The Morgan fingerprint density at radius 1 is 0.875 bits per heavy atom. The van der Waals surface area contributed by atoms with Crippen molar-refractivity contribution in [2.24, 2.45) is 0 Å². The van der Waals surface area contributed by atoms with Gasteiger partial charge < -0.3 is 15.0 Å². The van der Waals surface area contributed by atoms with Gasteiger partial charge in [-0.05, 0) is 52.9 Å². The van der Waals surface area contributed by atoms with Crippen LogP contribution in [0.3, 0.4) is 0 Å². The van der Waals surface area contributed by atoms with Gasteiger partial charge in [-0.15, -0.1) is 0 Å². The lowest BCUT2D eigenvalue weighted by atomic mass is 10.0. The van der Waals surface area contributed by atoms with Crippen molar-refractivity contribution in [3.05, 3.63) is 117 Å². The Balaban J connectivity index is 1.59. The van der Waals surface area contributed by atoms with Gasteiger partial charge in [0.1, 0.15) is 0 Å². The number of hydrogen-bond donors (Lipinski definition) is 2. The van der Waals surface area contributed by atoms with Crippen molar-refractivity contribution in [3.63, 3.8) is 0 Å². The van der Waals surface area contributed by atoms with Gasteiger partial charge in [0.25, 0.3) is 11.5 Å². The Morgan fingerprint density at radius 2 is 1.56 bits per heavy atom. The zero-order chi connectivity index (χ0) is 22.7. The van der Waals surface area contributed by atoms with Crippen LogP contribution in [0, 0.1) is 0 Å². The summed E-state index contributed by atoms with van der Waals surface area (Å²) in [5.74, 6) is -1.10. The minimum atomic E-state index is -0.991. The van der Waals surface area contributed by atoms with Crippen molar-refractivity contribution in [1.29, 1.82) is 0 Å². The van der Waals surface area contributed by atoms with Crippen molar-refractivity contribution in [1.82, 2.24) is 9.88 Å². The Bertz CT molecular complexity index is 1340. The molecule has 0 saturated carbocycles. The molecular formula is C26H22N2O4. The van der Waals surface area contributed by atoms with Crippen LogP contribution in [0.25, 0.3) is 10.9 Å². The first-order valence-corrected chi connectivity index (χ1v) is 10.2. The second-order valence-electron chi connectivity index (χ2n) is 7.75. The Kier molecular flexibility index (Phi) is 5.85. The second-order valence-corrected chi connectivity index (χ2v) is 7.75. The quantitative estimate of drug-likeness (QED) is 0.486. The number of hydrogen-bond acceptors (Lipinski definition) is 3. The summed E-state index contributed by atoms with van der Waals surface area (Å²) in [5.41, 5.74) is 3.60. The third kappa shape index (κ3) is 4.59. The summed E-state index contributed by atoms with van der Waals surface area (Å²) < 4.78 is 0. The highest BCUT2D eigenvalue weighted by atomic mass is 16.4. The molecule has 32 heavy (non-hydrogen) atoms. The van der Waals surface area contributed by atoms with Crippen molar-refractivity contribution in [3.8, 4) is 0 Å². The van der Waals surface area contributed by atoms with Crippen LogP contribution in [0.4, 0.5) is 0 Å². The van der Waals surface area contributed by atoms with Gasteiger partial charge in [-0.3, -0.25) is 9.59 Å². The molecule has 0 unspecified atom stereocenters. The Labute approximate surface area is 184 Å². The Hall–Kier alpha value is -4.19. The molecule has 1 aromatic heterocycles. The van der Waals surface area contributed by atoms with Gasteiger partial charge in [0.05, 0.1) is 5.56 Å². The molecule has 4 rings (SSSR count). The van der Waals surface area contributed by atoms with Gasteiger partial charge >= 0.3 is 5.97 Å². The average molecular weight is 426 g/mol. The van der Waals surface area contributed by atoms with Gasteiger partial charge in [-0.25, -0.2) is 4.79 Å². The monoisotopic (exact) mass is 426 g/mol. The molecule has 0 aliphatic carbocycles. The molecule has 6 heteroatoms. The maximum Gasteiger partial charge on any atom is 0.335 e. The number of aromatic carboxylic acids is 1. The number of aromatic amines is 1. The third-order valence-corrected chi connectivity index (χ3v) is 5.37. The van der Waals surface area contributed by atoms with E-state index in [1.807, 2.05) is 30.3 Å². The van der Waals surface area contributed by atoms with Crippen molar-refractivity contribution in [2.45, 2.75) is 13.0 Å². The van der Waals surface area contributed by atoms with E-state index >= 15 is 0 Å². The van der Waals surface area contributed by atoms with E-state index in [1.54, 1.807) is 48.3 Å². The van der Waals surface area contributed by atoms with Gasteiger partial charge in [0.15, 0.2) is 0 Å². The van der Waals surface area contributed by atoms with Crippen molar-refractivity contribution in [2.75, 3.05) is 7.05 Å². The number of carboxylic acids is 1. The molecule has 160 valence electrons. The largest absolute Gasteiger partial charge is 0.478 e. The summed E-state index contributed by atoms with van der Waals surface area (Å²) in [5, 5.41) is 9.80. The lowest BCUT2D eigenvalue weighted by Gasteiger charge is -2.17. The topological polar surface area (TPSA) is 90.5 Å². The van der Waals surface area contributed by atoms with Gasteiger partial charge in [-0.2, -0.15) is 0 Å². The van der Waals surface area contributed by atoms with Crippen LogP contribution in [0.5, 0.6) is 0 Å². The summed E-state index contributed by atoms with van der Waals surface area (Å²) in [7, 11) is 1.76. The fourth-order valence-corrected chi connectivity index (χ4v) is 3.65. The van der Waals surface area contributed by atoms with E-state index in [4.69, 9.17) is 5.11 Å². The summed E-state index contributed by atoms with van der Waals surface area (Å²) in [4.78, 5) is 41.0. The van der Waals surface area contributed by atoms with Crippen LogP contribution in [-0.4, -0.2) is 33.9 Å². The van der Waals surface area contributed by atoms with E-state index in [2.05, 4.69) is 4.98 Å². The molecule has 0 bridgehead atoms. The van der Waals surface area contributed by atoms with E-state index in [0.717, 1.165) is 16.5 Å². The van der Waals surface area contributed by atoms with Crippen LogP contribution in [0.2, 0.25) is 0 Å². The number of carboxylic acid groups (broad SMARTS) is 1. The molecule has 0 radical (unpaired) electrons. The first-order valence-electron chi connectivity index (χ1n) is 10.2. The molecule has 2 N–H and O–H groups in total. The highest BCUT2D eigenvalue weighted by molar-refractivity contribution is 5.97. The zero-order valence-corrected chi connectivity index (χ0v) is 17.5. The summed E-state index contributed by atoms with van der Waals surface area (Å²) in [6.07, 6.45) is 0.358. The second kappa shape index (κ2) is 8.89. The normalized spacial score (nSPS) is 10.8. The van der Waals surface area contributed by atoms with Gasteiger partial charge in [0, 0.05) is 36.7 Å². The standard InChI is InChI=1S/C26H22N2O4/c1-28(16-18-5-3-2-4-6-18)25(30)20-11-12-23-21(14-20)15-22(24(29)27-23)13-17-7-9-19(10-8-17)26(31)32/h2-12,14-15H,13,16H2,1H3,(H,27,29)(H,31,32). The molecule has 3 aromatic carbocycles. The molecule has 0 saturated heterocycles. The number of H-pyrrole nitrogens is 1. The number of fused-ring (bicyclic) bond motifs is 1. The van der Waals surface area contributed by atoms with Gasteiger partial charge in [0.2, 0.25) is 0 Å². The number of rotatable bonds is 6. The maximum atomic E-state index is 12.9.